The number of aromatic amines is 1. The van der Waals surface area contributed by atoms with Gasteiger partial charge in [-0.25, -0.2) is 4.98 Å². The maximum Gasteiger partial charge on any atom is 0.227 e. The van der Waals surface area contributed by atoms with E-state index < -0.39 is 0 Å². The number of carbonyl (C=O) groups is 1. The van der Waals surface area contributed by atoms with Gasteiger partial charge in [0.25, 0.3) is 0 Å². The third-order valence-corrected chi connectivity index (χ3v) is 5.02. The van der Waals surface area contributed by atoms with Gasteiger partial charge in [0.05, 0.1) is 18.1 Å². The molecule has 5 heteroatoms. The van der Waals surface area contributed by atoms with Gasteiger partial charge in [0.1, 0.15) is 11.6 Å². The molecule has 1 N–H and O–H groups in total. The SMILES string of the molecule is COc1ccc2nc(-c3ccc4c(c3)C(C)(C)CC(=O)N4C)[nH]c2c1. The molecule has 0 bridgehead atoms. The van der Waals surface area contributed by atoms with E-state index in [1.54, 1.807) is 12.0 Å². The van der Waals surface area contributed by atoms with Gasteiger partial charge in [-0.05, 0) is 35.9 Å². The predicted molar refractivity (Wildman–Crippen MR) is 99.1 cm³/mol. The number of nitrogens with zero attached hydrogens (tertiary/aromatic N) is 2. The van der Waals surface area contributed by atoms with Gasteiger partial charge < -0.3 is 14.6 Å². The first kappa shape index (κ1) is 15.7. The Bertz CT molecular complexity index is 988. The lowest BCUT2D eigenvalue weighted by molar-refractivity contribution is -0.119. The molecule has 1 aliphatic heterocycles. The third kappa shape index (κ3) is 2.47. The summed E-state index contributed by atoms with van der Waals surface area (Å²) >= 11 is 0. The molecular formula is C20H21N3O2. The van der Waals surface area contributed by atoms with E-state index in [9.17, 15) is 4.79 Å². The number of aromatic nitrogens is 2. The summed E-state index contributed by atoms with van der Waals surface area (Å²) in [4.78, 5) is 22.0. The molecule has 0 saturated carbocycles. The van der Waals surface area contributed by atoms with E-state index in [-0.39, 0.29) is 11.3 Å². The summed E-state index contributed by atoms with van der Waals surface area (Å²) in [7, 11) is 3.49. The molecule has 1 aliphatic rings. The van der Waals surface area contributed by atoms with Crippen LogP contribution in [-0.2, 0) is 10.2 Å². The van der Waals surface area contributed by atoms with Crippen molar-refractivity contribution in [2.24, 2.45) is 0 Å². The number of fused-ring (bicyclic) bond motifs is 2. The molecule has 3 aromatic rings. The summed E-state index contributed by atoms with van der Waals surface area (Å²) in [6.45, 7) is 4.23. The highest BCUT2D eigenvalue weighted by Gasteiger charge is 2.35. The lowest BCUT2D eigenvalue weighted by atomic mass is 9.77. The van der Waals surface area contributed by atoms with Crippen LogP contribution in [0.5, 0.6) is 5.75 Å². The van der Waals surface area contributed by atoms with Crippen LogP contribution >= 0.6 is 0 Å². The van der Waals surface area contributed by atoms with E-state index in [1.165, 1.54) is 5.56 Å². The maximum absolute atomic E-state index is 12.2. The summed E-state index contributed by atoms with van der Waals surface area (Å²) in [6.07, 6.45) is 0.511. The molecule has 0 unspecified atom stereocenters. The van der Waals surface area contributed by atoms with Crippen molar-refractivity contribution in [1.82, 2.24) is 9.97 Å². The lowest BCUT2D eigenvalue weighted by Crippen LogP contribution is -2.39. The van der Waals surface area contributed by atoms with E-state index >= 15 is 0 Å². The van der Waals surface area contributed by atoms with Crippen LogP contribution in [0.15, 0.2) is 36.4 Å². The van der Waals surface area contributed by atoms with Crippen LogP contribution in [0.2, 0.25) is 0 Å². The Morgan fingerprint density at radius 1 is 1.20 bits per heavy atom. The van der Waals surface area contributed by atoms with E-state index in [0.29, 0.717) is 6.42 Å². The molecule has 2 aromatic carbocycles. The fraction of sp³-hybridized carbons (Fsp3) is 0.300. The van der Waals surface area contributed by atoms with Crippen molar-refractivity contribution in [1.29, 1.82) is 0 Å². The van der Waals surface area contributed by atoms with Crippen LogP contribution in [0.1, 0.15) is 25.8 Å². The Morgan fingerprint density at radius 3 is 2.76 bits per heavy atom. The number of carbonyl (C=O) groups excluding carboxylic acids is 1. The van der Waals surface area contributed by atoms with Crippen molar-refractivity contribution in [3.05, 3.63) is 42.0 Å². The average molecular weight is 335 g/mol. The first-order chi connectivity index (χ1) is 11.9. The largest absolute Gasteiger partial charge is 0.497 e. The number of ether oxygens (including phenoxy) is 1. The molecule has 4 rings (SSSR count). The van der Waals surface area contributed by atoms with Gasteiger partial charge in [-0.3, -0.25) is 4.79 Å². The fourth-order valence-corrected chi connectivity index (χ4v) is 3.50. The van der Waals surface area contributed by atoms with Gasteiger partial charge in [-0.1, -0.05) is 13.8 Å². The molecule has 2 heterocycles. The molecule has 0 fully saturated rings. The molecule has 0 aliphatic carbocycles. The minimum atomic E-state index is -0.190. The quantitative estimate of drug-likeness (QED) is 0.773. The first-order valence-corrected chi connectivity index (χ1v) is 8.34. The van der Waals surface area contributed by atoms with Gasteiger partial charge in [-0.15, -0.1) is 0 Å². The summed E-state index contributed by atoms with van der Waals surface area (Å²) in [5, 5.41) is 0. The zero-order valence-corrected chi connectivity index (χ0v) is 14.9. The molecule has 0 atom stereocenters. The van der Waals surface area contributed by atoms with Gasteiger partial charge in [0.15, 0.2) is 0 Å². The predicted octanol–water partition coefficient (Wildman–Crippen LogP) is 3.88. The molecule has 128 valence electrons. The molecule has 1 aromatic heterocycles. The second-order valence-corrected chi connectivity index (χ2v) is 7.21. The molecule has 0 saturated heterocycles. The Hall–Kier alpha value is -2.82. The van der Waals surface area contributed by atoms with E-state index in [4.69, 9.17) is 9.72 Å². The van der Waals surface area contributed by atoms with E-state index in [2.05, 4.69) is 24.9 Å². The highest BCUT2D eigenvalue weighted by atomic mass is 16.5. The third-order valence-electron chi connectivity index (χ3n) is 5.02. The molecular weight excluding hydrogens is 314 g/mol. The van der Waals surface area contributed by atoms with Crippen molar-refractivity contribution in [3.63, 3.8) is 0 Å². The Morgan fingerprint density at radius 2 is 2.00 bits per heavy atom. The zero-order chi connectivity index (χ0) is 17.8. The maximum atomic E-state index is 12.2. The van der Waals surface area contributed by atoms with Gasteiger partial charge in [0.2, 0.25) is 5.91 Å². The Balaban J connectivity index is 1.83. The number of amides is 1. The molecule has 1 amide bonds. The fourth-order valence-electron chi connectivity index (χ4n) is 3.50. The minimum absolute atomic E-state index is 0.154. The highest BCUT2D eigenvalue weighted by molar-refractivity contribution is 5.97. The Kier molecular flexibility index (Phi) is 3.35. The summed E-state index contributed by atoms with van der Waals surface area (Å²) in [6, 6.07) is 12.0. The smallest absolute Gasteiger partial charge is 0.227 e. The van der Waals surface area contributed by atoms with Gasteiger partial charge in [-0.2, -0.15) is 0 Å². The molecule has 0 radical (unpaired) electrons. The monoisotopic (exact) mass is 335 g/mol. The van der Waals surface area contributed by atoms with E-state index in [0.717, 1.165) is 33.9 Å². The van der Waals surface area contributed by atoms with Crippen molar-refractivity contribution in [3.8, 4) is 17.1 Å². The summed E-state index contributed by atoms with van der Waals surface area (Å²) in [5.41, 5.74) is 4.82. The second-order valence-electron chi connectivity index (χ2n) is 7.21. The van der Waals surface area contributed by atoms with Crippen LogP contribution < -0.4 is 9.64 Å². The van der Waals surface area contributed by atoms with Crippen LogP contribution in [0, 0.1) is 0 Å². The van der Waals surface area contributed by atoms with Crippen molar-refractivity contribution in [2.75, 3.05) is 19.1 Å². The number of nitrogens with one attached hydrogen (secondary N) is 1. The van der Waals surface area contributed by atoms with Crippen LogP contribution in [-0.4, -0.2) is 30.0 Å². The van der Waals surface area contributed by atoms with Crippen molar-refractivity contribution >= 4 is 22.6 Å². The highest BCUT2D eigenvalue weighted by Crippen LogP contribution is 2.41. The number of imidazole rings is 1. The number of anilines is 1. The number of hydrogen-bond acceptors (Lipinski definition) is 3. The molecule has 0 spiro atoms. The summed E-state index contributed by atoms with van der Waals surface area (Å²) in [5.74, 6) is 1.77. The van der Waals surface area contributed by atoms with Crippen LogP contribution in [0.25, 0.3) is 22.4 Å². The zero-order valence-electron chi connectivity index (χ0n) is 14.9. The van der Waals surface area contributed by atoms with Crippen LogP contribution in [0.3, 0.4) is 0 Å². The van der Waals surface area contributed by atoms with Gasteiger partial charge in [0, 0.05) is 36.2 Å². The number of benzene rings is 2. The second kappa shape index (κ2) is 5.34. The lowest BCUT2D eigenvalue weighted by Gasteiger charge is -2.37. The average Bonchev–Trinajstić information content (AvgIpc) is 3.02. The van der Waals surface area contributed by atoms with Crippen molar-refractivity contribution < 1.29 is 9.53 Å². The molecule has 5 nitrogen and oxygen atoms in total. The normalized spacial score (nSPS) is 16.2. The number of rotatable bonds is 2. The number of hydrogen-bond donors (Lipinski definition) is 1. The topological polar surface area (TPSA) is 58.2 Å². The van der Waals surface area contributed by atoms with Crippen molar-refractivity contribution in [2.45, 2.75) is 25.7 Å². The molecule has 25 heavy (non-hydrogen) atoms. The van der Waals surface area contributed by atoms with Crippen LogP contribution in [0.4, 0.5) is 5.69 Å². The number of H-pyrrole nitrogens is 1. The standard InChI is InChI=1S/C20H21N3O2/c1-20(2)11-18(24)23(3)17-8-5-12(9-14(17)20)19-21-15-7-6-13(25-4)10-16(15)22-19/h5-10H,11H2,1-4H3,(H,21,22). The Labute approximate surface area is 146 Å². The van der Waals surface area contributed by atoms with Gasteiger partial charge >= 0.3 is 0 Å². The first-order valence-electron chi connectivity index (χ1n) is 8.34. The van der Waals surface area contributed by atoms with E-state index in [1.807, 2.05) is 37.4 Å². The minimum Gasteiger partial charge on any atom is -0.497 e. The summed E-state index contributed by atoms with van der Waals surface area (Å²) < 4.78 is 5.28. The number of methoxy groups -OCH3 is 1.